The Labute approximate surface area is 98.1 Å². The molecule has 0 bridgehead atoms. The monoisotopic (exact) mass is 230 g/mol. The van der Waals surface area contributed by atoms with Gasteiger partial charge in [-0.25, -0.2) is 19.7 Å². The number of hydrogen-bond donors (Lipinski definition) is 0. The van der Waals surface area contributed by atoms with E-state index in [-0.39, 0.29) is 18.1 Å². The largest absolute Gasteiger partial charge is 0.353 e. The molecule has 2 aliphatic heterocycles. The van der Waals surface area contributed by atoms with Gasteiger partial charge < -0.3 is 0 Å². The summed E-state index contributed by atoms with van der Waals surface area (Å²) in [5.74, 6) is 2.36. The van der Waals surface area contributed by atoms with Crippen LogP contribution in [0, 0.1) is 12.3 Å². The first-order chi connectivity index (χ1) is 8.17. The summed E-state index contributed by atoms with van der Waals surface area (Å²) >= 11 is 0. The number of amides is 3. The lowest BCUT2D eigenvalue weighted by Gasteiger charge is -2.18. The molecule has 0 atom stereocenters. The third kappa shape index (κ3) is 1.87. The van der Waals surface area contributed by atoms with Gasteiger partial charge >= 0.3 is 6.03 Å². The van der Waals surface area contributed by atoms with Gasteiger partial charge in [0, 0.05) is 6.42 Å². The fourth-order valence-electron chi connectivity index (χ4n) is 1.53. The minimum atomic E-state index is -0.677. The number of carbonyl (C=O) groups is 2. The summed E-state index contributed by atoms with van der Waals surface area (Å²) in [6, 6.07) is -0.677. The number of aliphatic imine (C=N–C) groups is 3. The average molecular weight is 230 g/mol. The molecule has 0 spiro atoms. The molecule has 17 heavy (non-hydrogen) atoms. The minimum Gasteiger partial charge on any atom is -0.267 e. The summed E-state index contributed by atoms with van der Waals surface area (Å²) in [7, 11) is 0. The molecule has 0 saturated heterocycles. The molecule has 6 heteroatoms. The summed E-state index contributed by atoms with van der Waals surface area (Å²) in [5.41, 5.74) is 0.114. The van der Waals surface area contributed by atoms with Crippen LogP contribution < -0.4 is 0 Å². The fourth-order valence-corrected chi connectivity index (χ4v) is 1.53. The zero-order valence-corrected chi connectivity index (χ0v) is 9.30. The lowest BCUT2D eigenvalue weighted by atomic mass is 10.2. The molecule has 0 unspecified atom stereocenters. The van der Waals surface area contributed by atoms with Crippen molar-refractivity contribution in [2.75, 3.05) is 6.54 Å². The first-order valence-corrected chi connectivity index (χ1v) is 5.22. The normalized spacial score (nSPS) is 18.4. The Morgan fingerprint density at radius 3 is 2.71 bits per heavy atom. The molecule has 0 fully saturated rings. The Morgan fingerprint density at radius 1 is 1.29 bits per heavy atom. The highest BCUT2D eigenvalue weighted by Gasteiger charge is 2.36. The number of rotatable bonds is 3. The highest BCUT2D eigenvalue weighted by Crippen LogP contribution is 2.13. The van der Waals surface area contributed by atoms with E-state index in [1.165, 1.54) is 0 Å². The van der Waals surface area contributed by atoms with Gasteiger partial charge in [-0.15, -0.1) is 6.42 Å². The van der Waals surface area contributed by atoms with Crippen molar-refractivity contribution < 1.29 is 9.59 Å². The van der Waals surface area contributed by atoms with Gasteiger partial charge in [-0.3, -0.25) is 4.79 Å². The van der Waals surface area contributed by atoms with Crippen molar-refractivity contribution in [3.05, 3.63) is 0 Å². The molecular formula is C11H10N4O2. The van der Waals surface area contributed by atoms with E-state index in [4.69, 9.17) is 6.42 Å². The molecule has 0 aromatic carbocycles. The Kier molecular flexibility index (Phi) is 2.83. The molecule has 0 saturated carbocycles. The van der Waals surface area contributed by atoms with E-state index in [0.717, 1.165) is 11.3 Å². The second kappa shape index (κ2) is 4.29. The lowest BCUT2D eigenvalue weighted by molar-refractivity contribution is -0.120. The van der Waals surface area contributed by atoms with Gasteiger partial charge in [0.1, 0.15) is 5.84 Å². The SMILES string of the molecule is C#CCN1C(=O)N=C2N=C(CCC)N=C2C1=O. The van der Waals surface area contributed by atoms with E-state index >= 15 is 0 Å². The van der Waals surface area contributed by atoms with Crippen molar-refractivity contribution in [2.45, 2.75) is 19.8 Å². The van der Waals surface area contributed by atoms with Gasteiger partial charge in [0.25, 0.3) is 5.91 Å². The zero-order chi connectivity index (χ0) is 12.4. The van der Waals surface area contributed by atoms with E-state index in [1.54, 1.807) is 0 Å². The summed E-state index contributed by atoms with van der Waals surface area (Å²) in [5, 5.41) is 0. The molecule has 2 aliphatic rings. The molecule has 0 radical (unpaired) electrons. The van der Waals surface area contributed by atoms with Crippen molar-refractivity contribution >= 4 is 29.3 Å². The number of imide groups is 1. The fraction of sp³-hybridized carbons (Fsp3) is 0.364. The highest BCUT2D eigenvalue weighted by molar-refractivity contribution is 6.72. The van der Waals surface area contributed by atoms with Crippen molar-refractivity contribution in [3.63, 3.8) is 0 Å². The van der Waals surface area contributed by atoms with Crippen LogP contribution in [-0.4, -0.2) is 40.8 Å². The second-order valence-corrected chi connectivity index (χ2v) is 3.55. The number of hydrogen-bond acceptors (Lipinski definition) is 4. The van der Waals surface area contributed by atoms with Crippen LogP contribution in [0.3, 0.4) is 0 Å². The van der Waals surface area contributed by atoms with Crippen LogP contribution in [-0.2, 0) is 4.79 Å². The van der Waals surface area contributed by atoms with Crippen LogP contribution in [0.2, 0.25) is 0 Å². The average Bonchev–Trinajstić information content (AvgIpc) is 2.67. The van der Waals surface area contributed by atoms with Crippen LogP contribution in [0.4, 0.5) is 4.79 Å². The first-order valence-electron chi connectivity index (χ1n) is 5.22. The summed E-state index contributed by atoms with van der Waals surface area (Å²) in [4.78, 5) is 36.1. The van der Waals surface area contributed by atoms with Crippen molar-refractivity contribution in [1.82, 2.24) is 4.90 Å². The van der Waals surface area contributed by atoms with Crippen LogP contribution in [0.5, 0.6) is 0 Å². The maximum absolute atomic E-state index is 11.9. The van der Waals surface area contributed by atoms with E-state index in [9.17, 15) is 9.59 Å². The second-order valence-electron chi connectivity index (χ2n) is 3.55. The summed E-state index contributed by atoms with van der Waals surface area (Å²) < 4.78 is 0. The molecule has 6 nitrogen and oxygen atoms in total. The number of carbonyl (C=O) groups excluding carboxylic acids is 2. The summed E-state index contributed by atoms with van der Waals surface area (Å²) in [6.07, 6.45) is 6.60. The molecule has 2 heterocycles. The molecule has 0 aromatic rings. The van der Waals surface area contributed by atoms with Gasteiger partial charge in [0.05, 0.1) is 6.54 Å². The Hall–Kier alpha value is -2.29. The van der Waals surface area contributed by atoms with Crippen molar-refractivity contribution in [1.29, 1.82) is 0 Å². The Morgan fingerprint density at radius 2 is 2.06 bits per heavy atom. The van der Waals surface area contributed by atoms with E-state index in [2.05, 4.69) is 20.9 Å². The smallest absolute Gasteiger partial charge is 0.267 e. The van der Waals surface area contributed by atoms with E-state index in [0.29, 0.717) is 12.3 Å². The number of nitrogens with zero attached hydrogens (tertiary/aromatic N) is 4. The van der Waals surface area contributed by atoms with Crippen LogP contribution in [0.15, 0.2) is 15.0 Å². The maximum Gasteiger partial charge on any atom is 0.353 e. The molecule has 0 N–H and O–H groups in total. The van der Waals surface area contributed by atoms with Crippen molar-refractivity contribution in [3.8, 4) is 12.3 Å². The number of amidine groups is 2. The van der Waals surface area contributed by atoms with E-state index < -0.39 is 11.9 Å². The third-order valence-corrected chi connectivity index (χ3v) is 2.29. The molecule has 0 aromatic heterocycles. The molecule has 3 amide bonds. The highest BCUT2D eigenvalue weighted by atomic mass is 16.2. The van der Waals surface area contributed by atoms with Gasteiger partial charge in [0.2, 0.25) is 0 Å². The maximum atomic E-state index is 11.9. The number of fused-ring (bicyclic) bond motifs is 1. The van der Waals surface area contributed by atoms with E-state index in [1.807, 2.05) is 6.92 Å². The predicted octanol–water partition coefficient (Wildman–Crippen LogP) is 0.634. The predicted molar refractivity (Wildman–Crippen MR) is 63.2 cm³/mol. The Balaban J connectivity index is 2.33. The first kappa shape index (κ1) is 11.2. The summed E-state index contributed by atoms with van der Waals surface area (Å²) in [6.45, 7) is 1.88. The topological polar surface area (TPSA) is 74.5 Å². The molecule has 0 aliphatic carbocycles. The van der Waals surface area contributed by atoms with Gasteiger partial charge in [0.15, 0.2) is 11.5 Å². The number of urea groups is 1. The quantitative estimate of drug-likeness (QED) is 0.667. The number of terminal acetylenes is 1. The van der Waals surface area contributed by atoms with Crippen LogP contribution >= 0.6 is 0 Å². The van der Waals surface area contributed by atoms with Crippen LogP contribution in [0.1, 0.15) is 19.8 Å². The minimum absolute atomic E-state index is 0.101. The zero-order valence-electron chi connectivity index (χ0n) is 9.30. The van der Waals surface area contributed by atoms with Gasteiger partial charge in [-0.05, 0) is 6.42 Å². The molecule has 86 valence electrons. The standard InChI is InChI=1S/C11H10N4O2/c1-3-5-7-12-8-9(13-7)14-11(17)15(6-4-2)10(8)16/h2H,3,5-6H2,1H3. The Bertz CT molecular complexity index is 522. The lowest BCUT2D eigenvalue weighted by Crippen LogP contribution is -2.46. The van der Waals surface area contributed by atoms with Crippen molar-refractivity contribution in [2.24, 2.45) is 15.0 Å². The molecular weight excluding hydrogens is 220 g/mol. The third-order valence-electron chi connectivity index (χ3n) is 2.29. The molecule has 2 rings (SSSR count). The van der Waals surface area contributed by atoms with Crippen LogP contribution in [0.25, 0.3) is 0 Å². The van der Waals surface area contributed by atoms with Gasteiger partial charge in [-0.2, -0.15) is 4.99 Å². The van der Waals surface area contributed by atoms with Gasteiger partial charge in [-0.1, -0.05) is 12.8 Å².